The highest BCUT2D eigenvalue weighted by molar-refractivity contribution is 7.17. The Morgan fingerprint density at radius 1 is 1.22 bits per heavy atom. The van der Waals surface area contributed by atoms with E-state index in [1.54, 1.807) is 18.4 Å². The number of hydrogen-bond acceptors (Lipinski definition) is 4. The lowest BCUT2D eigenvalue weighted by molar-refractivity contribution is 0.0672. The molecule has 0 radical (unpaired) electrons. The minimum Gasteiger partial charge on any atom is -0.382 e. The van der Waals surface area contributed by atoms with E-state index in [9.17, 15) is 0 Å². The first kappa shape index (κ1) is 13.5. The molecule has 0 amide bonds. The predicted molar refractivity (Wildman–Crippen MR) is 76.1 cm³/mol. The highest BCUT2D eigenvalue weighted by atomic mass is 32.1. The number of hydrogen-bond donors (Lipinski definition) is 1. The SMILES string of the molecule is COCCOCCC(N)c1cccc2ccsc12. The molecule has 1 heterocycles. The summed E-state index contributed by atoms with van der Waals surface area (Å²) in [6.45, 7) is 1.94. The molecular formula is C14H19NO2S. The van der Waals surface area contributed by atoms with Gasteiger partial charge in [-0.3, -0.25) is 0 Å². The summed E-state index contributed by atoms with van der Waals surface area (Å²) in [6, 6.07) is 8.46. The topological polar surface area (TPSA) is 44.5 Å². The molecule has 0 aliphatic rings. The molecular weight excluding hydrogens is 246 g/mol. The Hall–Kier alpha value is -0.940. The van der Waals surface area contributed by atoms with E-state index in [2.05, 4.69) is 29.6 Å². The lowest BCUT2D eigenvalue weighted by atomic mass is 10.0. The number of methoxy groups -OCH3 is 1. The van der Waals surface area contributed by atoms with Crippen molar-refractivity contribution in [1.29, 1.82) is 0 Å². The Morgan fingerprint density at radius 2 is 2.11 bits per heavy atom. The van der Waals surface area contributed by atoms with Crippen molar-refractivity contribution in [2.75, 3.05) is 26.9 Å². The van der Waals surface area contributed by atoms with Crippen LogP contribution in [0.3, 0.4) is 0 Å². The fraction of sp³-hybridized carbons (Fsp3) is 0.429. The Balaban J connectivity index is 1.92. The normalized spacial score (nSPS) is 13.0. The van der Waals surface area contributed by atoms with E-state index >= 15 is 0 Å². The molecule has 2 N–H and O–H groups in total. The number of thiophene rings is 1. The first-order valence-electron chi connectivity index (χ1n) is 6.11. The van der Waals surface area contributed by atoms with Crippen LogP contribution in [0.5, 0.6) is 0 Å². The van der Waals surface area contributed by atoms with Gasteiger partial charge in [-0.2, -0.15) is 0 Å². The van der Waals surface area contributed by atoms with Crippen LogP contribution in [-0.2, 0) is 9.47 Å². The first-order valence-corrected chi connectivity index (χ1v) is 6.99. The third kappa shape index (κ3) is 3.29. The monoisotopic (exact) mass is 265 g/mol. The van der Waals surface area contributed by atoms with Crippen LogP contribution in [0.1, 0.15) is 18.0 Å². The molecule has 0 aliphatic carbocycles. The van der Waals surface area contributed by atoms with Crippen molar-refractivity contribution in [3.63, 3.8) is 0 Å². The summed E-state index contributed by atoms with van der Waals surface area (Å²) in [5.74, 6) is 0. The van der Waals surface area contributed by atoms with Gasteiger partial charge in [-0.25, -0.2) is 0 Å². The van der Waals surface area contributed by atoms with Crippen LogP contribution in [0.25, 0.3) is 10.1 Å². The van der Waals surface area contributed by atoms with Crippen LogP contribution in [0.4, 0.5) is 0 Å². The quantitative estimate of drug-likeness (QED) is 0.783. The van der Waals surface area contributed by atoms with E-state index in [1.807, 2.05) is 0 Å². The number of ether oxygens (including phenoxy) is 2. The van der Waals surface area contributed by atoms with Crippen molar-refractivity contribution in [1.82, 2.24) is 0 Å². The summed E-state index contributed by atoms with van der Waals surface area (Å²) >= 11 is 1.75. The van der Waals surface area contributed by atoms with Crippen LogP contribution in [0, 0.1) is 0 Å². The lowest BCUT2D eigenvalue weighted by Gasteiger charge is -2.13. The third-order valence-corrected chi connectivity index (χ3v) is 3.89. The summed E-state index contributed by atoms with van der Waals surface area (Å²) in [7, 11) is 1.67. The second-order valence-corrected chi connectivity index (χ2v) is 5.10. The van der Waals surface area contributed by atoms with Crippen molar-refractivity contribution >= 4 is 21.4 Å². The molecule has 0 saturated heterocycles. The van der Waals surface area contributed by atoms with E-state index in [1.165, 1.54) is 15.6 Å². The predicted octanol–water partition coefficient (Wildman–Crippen LogP) is 2.95. The maximum absolute atomic E-state index is 6.23. The molecule has 0 fully saturated rings. The smallest absolute Gasteiger partial charge is 0.0700 e. The summed E-state index contributed by atoms with van der Waals surface area (Å²) < 4.78 is 11.7. The van der Waals surface area contributed by atoms with E-state index in [4.69, 9.17) is 15.2 Å². The molecule has 0 saturated carbocycles. The van der Waals surface area contributed by atoms with Gasteiger partial charge in [0, 0.05) is 24.5 Å². The summed E-state index contributed by atoms with van der Waals surface area (Å²) in [5.41, 5.74) is 7.45. The fourth-order valence-corrected chi connectivity index (χ4v) is 2.90. The van der Waals surface area contributed by atoms with Crippen molar-refractivity contribution in [2.24, 2.45) is 5.73 Å². The van der Waals surface area contributed by atoms with Gasteiger partial charge >= 0.3 is 0 Å². The van der Waals surface area contributed by atoms with Gasteiger partial charge in [0.05, 0.1) is 13.2 Å². The van der Waals surface area contributed by atoms with Crippen molar-refractivity contribution in [2.45, 2.75) is 12.5 Å². The molecule has 1 unspecified atom stereocenters. The maximum Gasteiger partial charge on any atom is 0.0700 e. The number of rotatable bonds is 7. The van der Waals surface area contributed by atoms with Gasteiger partial charge in [0.25, 0.3) is 0 Å². The molecule has 4 heteroatoms. The minimum atomic E-state index is 0.0369. The van der Waals surface area contributed by atoms with Crippen LogP contribution in [0.2, 0.25) is 0 Å². The molecule has 2 aromatic rings. The zero-order valence-corrected chi connectivity index (χ0v) is 11.4. The second kappa shape index (κ2) is 6.85. The molecule has 1 aromatic carbocycles. The van der Waals surface area contributed by atoms with Crippen molar-refractivity contribution in [3.05, 3.63) is 35.2 Å². The second-order valence-electron chi connectivity index (χ2n) is 4.19. The summed E-state index contributed by atoms with van der Waals surface area (Å²) in [4.78, 5) is 0. The zero-order valence-electron chi connectivity index (χ0n) is 10.6. The van der Waals surface area contributed by atoms with Crippen LogP contribution < -0.4 is 5.73 Å². The van der Waals surface area contributed by atoms with Gasteiger partial charge in [-0.15, -0.1) is 11.3 Å². The van der Waals surface area contributed by atoms with E-state index in [0.29, 0.717) is 19.8 Å². The molecule has 0 aliphatic heterocycles. The Bertz CT molecular complexity index is 483. The van der Waals surface area contributed by atoms with E-state index < -0.39 is 0 Å². The largest absolute Gasteiger partial charge is 0.382 e. The molecule has 1 atom stereocenters. The minimum absolute atomic E-state index is 0.0369. The van der Waals surface area contributed by atoms with E-state index in [-0.39, 0.29) is 6.04 Å². The lowest BCUT2D eigenvalue weighted by Crippen LogP contribution is -2.14. The number of fused-ring (bicyclic) bond motifs is 1. The number of benzene rings is 1. The summed E-state index contributed by atoms with van der Waals surface area (Å²) in [6.07, 6.45) is 0.834. The highest BCUT2D eigenvalue weighted by Gasteiger charge is 2.10. The molecule has 1 aromatic heterocycles. The van der Waals surface area contributed by atoms with Crippen molar-refractivity contribution in [3.8, 4) is 0 Å². The van der Waals surface area contributed by atoms with E-state index in [0.717, 1.165) is 6.42 Å². The Morgan fingerprint density at radius 3 is 2.94 bits per heavy atom. The van der Waals surface area contributed by atoms with Gasteiger partial charge < -0.3 is 15.2 Å². The molecule has 3 nitrogen and oxygen atoms in total. The average molecular weight is 265 g/mol. The van der Waals surface area contributed by atoms with Crippen molar-refractivity contribution < 1.29 is 9.47 Å². The van der Waals surface area contributed by atoms with Crippen LogP contribution in [-0.4, -0.2) is 26.9 Å². The maximum atomic E-state index is 6.23. The molecule has 0 spiro atoms. The van der Waals surface area contributed by atoms with Gasteiger partial charge in [0.2, 0.25) is 0 Å². The Labute approximate surface area is 112 Å². The fourth-order valence-electron chi connectivity index (χ4n) is 1.92. The molecule has 0 bridgehead atoms. The standard InChI is InChI=1S/C14H19NO2S/c1-16-8-9-17-7-5-13(15)12-4-2-3-11-6-10-18-14(11)12/h2-4,6,10,13H,5,7-9,15H2,1H3. The Kier molecular flexibility index (Phi) is 5.13. The summed E-state index contributed by atoms with van der Waals surface area (Å²) in [5, 5.41) is 3.38. The average Bonchev–Trinajstić information content (AvgIpc) is 2.86. The highest BCUT2D eigenvalue weighted by Crippen LogP contribution is 2.29. The third-order valence-electron chi connectivity index (χ3n) is 2.91. The molecule has 98 valence electrons. The van der Waals surface area contributed by atoms with Crippen LogP contribution >= 0.6 is 11.3 Å². The first-order chi connectivity index (χ1) is 8.83. The molecule has 2 rings (SSSR count). The van der Waals surface area contributed by atoms with Crippen LogP contribution in [0.15, 0.2) is 29.6 Å². The zero-order chi connectivity index (χ0) is 12.8. The molecule has 18 heavy (non-hydrogen) atoms. The van der Waals surface area contributed by atoms with Gasteiger partial charge in [0.15, 0.2) is 0 Å². The van der Waals surface area contributed by atoms with Gasteiger partial charge in [-0.1, -0.05) is 18.2 Å². The van der Waals surface area contributed by atoms with Gasteiger partial charge in [-0.05, 0) is 28.8 Å². The number of nitrogens with two attached hydrogens (primary N) is 1. The van der Waals surface area contributed by atoms with Gasteiger partial charge in [0.1, 0.15) is 0 Å².